The number of benzene rings is 1. The lowest BCUT2D eigenvalue weighted by Crippen LogP contribution is -2.17. The molecular formula is C14H20N2O2S. The number of nitrogens with zero attached hydrogens (tertiary/aromatic N) is 1. The molecule has 0 aliphatic carbocycles. The van der Waals surface area contributed by atoms with Gasteiger partial charge in [-0.15, -0.1) is 0 Å². The van der Waals surface area contributed by atoms with Crippen molar-refractivity contribution in [2.75, 3.05) is 12.0 Å². The van der Waals surface area contributed by atoms with Crippen molar-refractivity contribution in [3.63, 3.8) is 0 Å². The third kappa shape index (κ3) is 3.58. The smallest absolute Gasteiger partial charge is 0.149 e. The highest BCUT2D eigenvalue weighted by Gasteiger charge is 2.11. The summed E-state index contributed by atoms with van der Waals surface area (Å²) in [6.45, 7) is 2.46. The number of aryl methyl sites for hydroxylation is 1. The van der Waals surface area contributed by atoms with Gasteiger partial charge in [0.1, 0.15) is 9.84 Å². The van der Waals surface area contributed by atoms with Crippen molar-refractivity contribution in [1.82, 2.24) is 4.57 Å². The van der Waals surface area contributed by atoms with Crippen molar-refractivity contribution in [3.8, 4) is 0 Å². The zero-order valence-electron chi connectivity index (χ0n) is 11.3. The van der Waals surface area contributed by atoms with Crippen molar-refractivity contribution < 1.29 is 8.42 Å². The van der Waals surface area contributed by atoms with E-state index in [1.807, 2.05) is 35.9 Å². The third-order valence-corrected chi connectivity index (χ3v) is 4.04. The summed E-state index contributed by atoms with van der Waals surface area (Å²) in [5.41, 5.74) is 8.11. The standard InChI is InChI=1S/C14H20N2O2S/c1-11(15)9-12-10-16(7-8-19(2,17)18)14-6-4-3-5-13(12)14/h3-6,10-11H,7-9,15H2,1-2H3. The summed E-state index contributed by atoms with van der Waals surface area (Å²) in [5.74, 6) is 0.156. The van der Waals surface area contributed by atoms with E-state index in [1.54, 1.807) is 0 Å². The van der Waals surface area contributed by atoms with E-state index in [1.165, 1.54) is 11.8 Å². The summed E-state index contributed by atoms with van der Waals surface area (Å²) < 4.78 is 24.6. The van der Waals surface area contributed by atoms with Crippen LogP contribution in [0.5, 0.6) is 0 Å². The number of sulfone groups is 1. The van der Waals surface area contributed by atoms with Crippen molar-refractivity contribution in [1.29, 1.82) is 0 Å². The minimum Gasteiger partial charge on any atom is -0.346 e. The zero-order valence-corrected chi connectivity index (χ0v) is 12.2. The molecule has 0 radical (unpaired) electrons. The molecular weight excluding hydrogens is 260 g/mol. The fraction of sp³-hybridized carbons (Fsp3) is 0.429. The SMILES string of the molecule is CC(N)Cc1cn(CCS(C)(=O)=O)c2ccccc12. The van der Waals surface area contributed by atoms with Crippen molar-refractivity contribution in [3.05, 3.63) is 36.0 Å². The predicted octanol–water partition coefficient (Wildman–Crippen LogP) is 1.58. The highest BCUT2D eigenvalue weighted by molar-refractivity contribution is 7.90. The monoisotopic (exact) mass is 280 g/mol. The Morgan fingerprint density at radius 2 is 2.00 bits per heavy atom. The molecule has 1 heterocycles. The number of rotatable bonds is 5. The van der Waals surface area contributed by atoms with Gasteiger partial charge in [0.05, 0.1) is 5.75 Å². The first-order valence-electron chi connectivity index (χ1n) is 6.37. The molecule has 2 aromatic rings. The molecule has 0 aliphatic rings. The molecule has 2 rings (SSSR count). The number of aromatic nitrogens is 1. The molecule has 1 atom stereocenters. The minimum atomic E-state index is -2.95. The van der Waals surface area contributed by atoms with Crippen LogP contribution in [0.4, 0.5) is 0 Å². The topological polar surface area (TPSA) is 65.1 Å². The van der Waals surface area contributed by atoms with Gasteiger partial charge in [0.15, 0.2) is 0 Å². The second-order valence-electron chi connectivity index (χ2n) is 5.18. The maximum absolute atomic E-state index is 11.3. The molecule has 1 unspecified atom stereocenters. The molecule has 0 amide bonds. The van der Waals surface area contributed by atoms with Crippen LogP contribution in [0.2, 0.25) is 0 Å². The summed E-state index contributed by atoms with van der Waals surface area (Å²) in [4.78, 5) is 0. The van der Waals surface area contributed by atoms with E-state index < -0.39 is 9.84 Å². The average Bonchev–Trinajstić information content (AvgIpc) is 2.64. The quantitative estimate of drug-likeness (QED) is 0.904. The summed E-state index contributed by atoms with van der Waals surface area (Å²) in [6, 6.07) is 8.13. The van der Waals surface area contributed by atoms with Gasteiger partial charge in [-0.1, -0.05) is 18.2 Å². The molecule has 0 saturated heterocycles. The summed E-state index contributed by atoms with van der Waals surface area (Å²) in [7, 11) is -2.95. The molecule has 0 fully saturated rings. The number of para-hydroxylation sites is 1. The largest absolute Gasteiger partial charge is 0.346 e. The van der Waals surface area contributed by atoms with Crippen LogP contribution in [0.3, 0.4) is 0 Å². The number of nitrogens with two attached hydrogens (primary N) is 1. The highest BCUT2D eigenvalue weighted by Crippen LogP contribution is 2.22. The number of fused-ring (bicyclic) bond motifs is 1. The van der Waals surface area contributed by atoms with Crippen molar-refractivity contribution in [2.45, 2.75) is 25.9 Å². The summed E-state index contributed by atoms with van der Waals surface area (Å²) in [6.07, 6.45) is 4.09. The molecule has 4 nitrogen and oxygen atoms in total. The first kappa shape index (κ1) is 14.1. The van der Waals surface area contributed by atoms with E-state index in [4.69, 9.17) is 5.73 Å². The average molecular weight is 280 g/mol. The first-order chi connectivity index (χ1) is 8.87. The van der Waals surface area contributed by atoms with Gasteiger partial charge in [-0.05, 0) is 25.0 Å². The molecule has 104 valence electrons. The Labute approximate surface area is 114 Å². The normalized spacial score (nSPS) is 13.8. The Bertz CT molecular complexity index is 672. The molecule has 2 N–H and O–H groups in total. The molecule has 5 heteroatoms. The maximum Gasteiger partial charge on any atom is 0.149 e. The Hall–Kier alpha value is -1.33. The van der Waals surface area contributed by atoms with E-state index in [9.17, 15) is 8.42 Å². The van der Waals surface area contributed by atoms with Gasteiger partial charge in [-0.3, -0.25) is 0 Å². The van der Waals surface area contributed by atoms with Gasteiger partial charge in [-0.2, -0.15) is 0 Å². The van der Waals surface area contributed by atoms with Crippen LogP contribution in [0.25, 0.3) is 10.9 Å². The predicted molar refractivity (Wildman–Crippen MR) is 79.0 cm³/mol. The van der Waals surface area contributed by atoms with Crippen molar-refractivity contribution >= 4 is 20.7 Å². The zero-order chi connectivity index (χ0) is 14.0. The minimum absolute atomic E-state index is 0.0918. The van der Waals surface area contributed by atoms with Crippen LogP contribution < -0.4 is 5.73 Å². The van der Waals surface area contributed by atoms with E-state index in [0.29, 0.717) is 6.54 Å². The van der Waals surface area contributed by atoms with Crippen LogP contribution in [0.15, 0.2) is 30.5 Å². The molecule has 1 aromatic heterocycles. The first-order valence-corrected chi connectivity index (χ1v) is 8.43. The Morgan fingerprint density at radius 1 is 1.32 bits per heavy atom. The van der Waals surface area contributed by atoms with Gasteiger partial charge in [0.25, 0.3) is 0 Å². The molecule has 1 aromatic carbocycles. The fourth-order valence-electron chi connectivity index (χ4n) is 2.28. The molecule has 19 heavy (non-hydrogen) atoms. The Balaban J connectivity index is 2.38. The molecule has 0 saturated carbocycles. The van der Waals surface area contributed by atoms with Crippen LogP contribution >= 0.6 is 0 Å². The highest BCUT2D eigenvalue weighted by atomic mass is 32.2. The van der Waals surface area contributed by atoms with Crippen LogP contribution in [0, 0.1) is 0 Å². The summed E-state index contributed by atoms with van der Waals surface area (Å²) in [5, 5.41) is 1.16. The van der Waals surface area contributed by atoms with E-state index >= 15 is 0 Å². The van der Waals surface area contributed by atoms with Crippen LogP contribution in [0.1, 0.15) is 12.5 Å². The summed E-state index contributed by atoms with van der Waals surface area (Å²) >= 11 is 0. The van der Waals surface area contributed by atoms with Gasteiger partial charge >= 0.3 is 0 Å². The molecule has 0 bridgehead atoms. The number of hydrogen-bond donors (Lipinski definition) is 1. The third-order valence-electron chi connectivity index (χ3n) is 3.12. The van der Waals surface area contributed by atoms with Crippen molar-refractivity contribution in [2.24, 2.45) is 5.73 Å². The van der Waals surface area contributed by atoms with E-state index in [-0.39, 0.29) is 11.8 Å². The van der Waals surface area contributed by atoms with Crippen LogP contribution in [-0.2, 0) is 22.8 Å². The van der Waals surface area contributed by atoms with Gasteiger partial charge in [0, 0.05) is 35.9 Å². The Kier molecular flexibility index (Phi) is 3.96. The lowest BCUT2D eigenvalue weighted by atomic mass is 10.1. The van der Waals surface area contributed by atoms with Gasteiger partial charge in [-0.25, -0.2) is 8.42 Å². The van der Waals surface area contributed by atoms with Gasteiger partial charge < -0.3 is 10.3 Å². The molecule has 0 aliphatic heterocycles. The lowest BCUT2D eigenvalue weighted by molar-refractivity contribution is 0.595. The maximum atomic E-state index is 11.3. The van der Waals surface area contributed by atoms with Crippen LogP contribution in [-0.4, -0.2) is 31.0 Å². The lowest BCUT2D eigenvalue weighted by Gasteiger charge is -2.03. The second kappa shape index (κ2) is 5.35. The van der Waals surface area contributed by atoms with E-state index in [2.05, 4.69) is 6.07 Å². The Morgan fingerprint density at radius 3 is 2.63 bits per heavy atom. The fourth-order valence-corrected chi connectivity index (χ4v) is 2.81. The van der Waals surface area contributed by atoms with Gasteiger partial charge in [0.2, 0.25) is 0 Å². The van der Waals surface area contributed by atoms with E-state index in [0.717, 1.165) is 17.3 Å². The molecule has 0 spiro atoms. The number of hydrogen-bond acceptors (Lipinski definition) is 3. The second-order valence-corrected chi connectivity index (χ2v) is 7.44.